The van der Waals surface area contributed by atoms with Crippen LogP contribution in [0.5, 0.6) is 0 Å². The Hall–Kier alpha value is -2.76. The van der Waals surface area contributed by atoms with Gasteiger partial charge in [-0.3, -0.25) is 14.8 Å². The minimum absolute atomic E-state index is 0.165. The highest BCUT2D eigenvalue weighted by molar-refractivity contribution is 5.97. The molecular weight excluding hydrogens is 254 g/mol. The van der Waals surface area contributed by atoms with Crippen molar-refractivity contribution in [1.82, 2.24) is 25.3 Å². The van der Waals surface area contributed by atoms with E-state index in [1.54, 1.807) is 43.0 Å². The minimum Gasteiger partial charge on any atom is -0.347 e. The molecule has 0 aliphatic heterocycles. The Labute approximate surface area is 115 Å². The number of nitrogens with one attached hydrogen (secondary N) is 2. The summed E-state index contributed by atoms with van der Waals surface area (Å²) in [6.07, 6.45) is 6.61. The van der Waals surface area contributed by atoms with Crippen LogP contribution in [0.4, 0.5) is 0 Å². The molecule has 20 heavy (non-hydrogen) atoms. The van der Waals surface area contributed by atoms with Crippen molar-refractivity contribution in [3.8, 4) is 0 Å². The zero-order chi connectivity index (χ0) is 13.9. The van der Waals surface area contributed by atoms with Gasteiger partial charge in [-0.05, 0) is 25.1 Å². The van der Waals surface area contributed by atoms with Crippen LogP contribution >= 0.6 is 0 Å². The number of hydrogen-bond acceptors (Lipinski definition) is 4. The van der Waals surface area contributed by atoms with Gasteiger partial charge in [-0.15, -0.1) is 0 Å². The second-order valence-electron chi connectivity index (χ2n) is 4.43. The highest BCUT2D eigenvalue weighted by Gasteiger charge is 2.13. The summed E-state index contributed by atoms with van der Waals surface area (Å²) in [4.78, 5) is 27.7. The molecule has 0 aliphatic rings. The Bertz CT molecular complexity index is 738. The van der Waals surface area contributed by atoms with Crippen molar-refractivity contribution in [3.05, 3.63) is 54.4 Å². The number of imidazole rings is 1. The lowest BCUT2D eigenvalue weighted by molar-refractivity contribution is 0.0938. The molecule has 0 spiro atoms. The lowest BCUT2D eigenvalue weighted by atomic mass is 10.1. The fourth-order valence-electron chi connectivity index (χ4n) is 1.97. The summed E-state index contributed by atoms with van der Waals surface area (Å²) in [7, 11) is 0. The summed E-state index contributed by atoms with van der Waals surface area (Å²) in [5, 5.41) is 2.88. The van der Waals surface area contributed by atoms with E-state index in [2.05, 4.69) is 25.3 Å². The molecule has 6 heteroatoms. The summed E-state index contributed by atoms with van der Waals surface area (Å²) in [5.74, 6) is 0.556. The van der Waals surface area contributed by atoms with Crippen LogP contribution in [0.2, 0.25) is 0 Å². The van der Waals surface area contributed by atoms with Crippen LogP contribution in [0.15, 0.2) is 43.0 Å². The third kappa shape index (κ3) is 2.35. The number of nitrogens with zero attached hydrogens (tertiary/aromatic N) is 3. The quantitative estimate of drug-likeness (QED) is 0.758. The molecule has 0 bridgehead atoms. The Kier molecular flexibility index (Phi) is 3.12. The first-order valence-corrected chi connectivity index (χ1v) is 6.25. The zero-order valence-electron chi connectivity index (χ0n) is 10.9. The van der Waals surface area contributed by atoms with E-state index < -0.39 is 0 Å². The fourth-order valence-corrected chi connectivity index (χ4v) is 1.97. The number of carbonyl (C=O) groups excluding carboxylic acids is 1. The number of benzene rings is 1. The predicted octanol–water partition coefficient (Wildman–Crippen LogP) is 1.84. The van der Waals surface area contributed by atoms with Gasteiger partial charge in [0.05, 0.1) is 17.1 Å². The topological polar surface area (TPSA) is 83.6 Å². The van der Waals surface area contributed by atoms with Gasteiger partial charge in [0.25, 0.3) is 5.91 Å². The molecule has 1 amide bonds. The van der Waals surface area contributed by atoms with Crippen molar-refractivity contribution < 1.29 is 4.79 Å². The summed E-state index contributed by atoms with van der Waals surface area (Å²) in [6, 6.07) is 5.07. The van der Waals surface area contributed by atoms with Gasteiger partial charge >= 0.3 is 0 Å². The Morgan fingerprint density at radius 2 is 1.95 bits per heavy atom. The number of rotatable bonds is 3. The minimum atomic E-state index is -0.185. The highest BCUT2D eigenvalue weighted by atomic mass is 16.1. The summed E-state index contributed by atoms with van der Waals surface area (Å²) >= 11 is 0. The van der Waals surface area contributed by atoms with Gasteiger partial charge in [0.15, 0.2) is 0 Å². The first kappa shape index (κ1) is 12.3. The van der Waals surface area contributed by atoms with Crippen molar-refractivity contribution in [1.29, 1.82) is 0 Å². The summed E-state index contributed by atoms with van der Waals surface area (Å²) in [5.41, 5.74) is 2.02. The number of carbonyl (C=O) groups is 1. The molecule has 100 valence electrons. The van der Waals surface area contributed by atoms with E-state index in [0.29, 0.717) is 11.1 Å². The molecule has 0 aliphatic carbocycles. The number of aromatic amines is 1. The fraction of sp³-hybridized carbons (Fsp3) is 0.143. The maximum atomic E-state index is 12.2. The van der Waals surface area contributed by atoms with Gasteiger partial charge in [0.1, 0.15) is 5.82 Å². The predicted molar refractivity (Wildman–Crippen MR) is 74.0 cm³/mol. The van der Waals surface area contributed by atoms with Crippen LogP contribution in [0, 0.1) is 0 Å². The van der Waals surface area contributed by atoms with Gasteiger partial charge < -0.3 is 10.3 Å². The maximum absolute atomic E-state index is 12.2. The van der Waals surface area contributed by atoms with Crippen LogP contribution in [0.25, 0.3) is 11.0 Å². The lowest BCUT2D eigenvalue weighted by Crippen LogP contribution is -2.27. The average molecular weight is 267 g/mol. The average Bonchev–Trinajstić information content (AvgIpc) is 3.01. The second-order valence-corrected chi connectivity index (χ2v) is 4.43. The Morgan fingerprint density at radius 1 is 1.15 bits per heavy atom. The summed E-state index contributed by atoms with van der Waals surface area (Å²) in [6.45, 7) is 1.87. The zero-order valence-corrected chi connectivity index (χ0v) is 10.9. The molecule has 0 saturated carbocycles. The van der Waals surface area contributed by atoms with E-state index in [4.69, 9.17) is 0 Å². The highest BCUT2D eigenvalue weighted by Crippen LogP contribution is 2.12. The Balaban J connectivity index is 1.82. The molecule has 6 nitrogen and oxygen atoms in total. The van der Waals surface area contributed by atoms with Gasteiger partial charge in [-0.2, -0.15) is 0 Å². The number of hydrogen-bond donors (Lipinski definition) is 2. The van der Waals surface area contributed by atoms with Crippen LogP contribution in [-0.2, 0) is 0 Å². The number of fused-ring (bicyclic) bond motifs is 1. The van der Waals surface area contributed by atoms with E-state index in [1.165, 1.54) is 0 Å². The smallest absolute Gasteiger partial charge is 0.251 e. The normalized spacial score (nSPS) is 12.2. The van der Waals surface area contributed by atoms with Gasteiger partial charge in [0.2, 0.25) is 0 Å². The molecule has 0 saturated heterocycles. The molecule has 2 heterocycles. The molecule has 2 N–H and O–H groups in total. The van der Waals surface area contributed by atoms with Crippen LogP contribution in [0.3, 0.4) is 0 Å². The van der Waals surface area contributed by atoms with E-state index in [0.717, 1.165) is 11.3 Å². The first-order chi connectivity index (χ1) is 9.74. The molecule has 3 aromatic rings. The van der Waals surface area contributed by atoms with Crippen molar-refractivity contribution >= 4 is 16.9 Å². The number of amides is 1. The van der Waals surface area contributed by atoms with E-state index in [-0.39, 0.29) is 11.9 Å². The lowest BCUT2D eigenvalue weighted by Gasteiger charge is -2.11. The number of aromatic nitrogens is 4. The van der Waals surface area contributed by atoms with Crippen LogP contribution in [-0.4, -0.2) is 25.8 Å². The molecule has 1 unspecified atom stereocenters. The molecule has 1 aromatic carbocycles. The molecule has 0 fully saturated rings. The third-order valence-corrected chi connectivity index (χ3v) is 3.01. The largest absolute Gasteiger partial charge is 0.347 e. The van der Waals surface area contributed by atoms with E-state index in [1.807, 2.05) is 6.92 Å². The van der Waals surface area contributed by atoms with Crippen LogP contribution < -0.4 is 5.32 Å². The first-order valence-electron chi connectivity index (χ1n) is 6.25. The van der Waals surface area contributed by atoms with Gasteiger partial charge in [-0.25, -0.2) is 4.98 Å². The monoisotopic (exact) mass is 267 g/mol. The van der Waals surface area contributed by atoms with E-state index in [9.17, 15) is 4.79 Å². The summed E-state index contributed by atoms with van der Waals surface area (Å²) < 4.78 is 0. The molecular formula is C14H13N5O. The maximum Gasteiger partial charge on any atom is 0.251 e. The molecule has 0 radical (unpaired) electrons. The van der Waals surface area contributed by atoms with Crippen molar-refractivity contribution in [2.24, 2.45) is 0 Å². The van der Waals surface area contributed by atoms with Crippen molar-refractivity contribution in [3.63, 3.8) is 0 Å². The number of H-pyrrole nitrogens is 1. The van der Waals surface area contributed by atoms with E-state index >= 15 is 0 Å². The SMILES string of the molecule is CC(NC(=O)c1ccc2nccnc2c1)c1ncc[nH]1. The molecule has 3 rings (SSSR count). The van der Waals surface area contributed by atoms with Crippen molar-refractivity contribution in [2.45, 2.75) is 13.0 Å². The third-order valence-electron chi connectivity index (χ3n) is 3.01. The standard InChI is InChI=1S/C14H13N5O/c1-9(13-17-6-7-18-13)19-14(20)10-2-3-11-12(8-10)16-5-4-15-11/h2-9H,1H3,(H,17,18)(H,19,20). The molecule has 2 aromatic heterocycles. The van der Waals surface area contributed by atoms with Gasteiger partial charge in [0, 0.05) is 30.4 Å². The van der Waals surface area contributed by atoms with Crippen LogP contribution in [0.1, 0.15) is 29.1 Å². The van der Waals surface area contributed by atoms with Gasteiger partial charge in [-0.1, -0.05) is 0 Å². The Morgan fingerprint density at radius 3 is 2.70 bits per heavy atom. The second kappa shape index (κ2) is 5.08. The molecule has 1 atom stereocenters. The van der Waals surface area contributed by atoms with Crippen molar-refractivity contribution in [2.75, 3.05) is 0 Å².